The summed E-state index contributed by atoms with van der Waals surface area (Å²) in [6.45, 7) is 1.59. The minimum absolute atomic E-state index is 0.124. The van der Waals surface area contributed by atoms with Crippen LogP contribution in [-0.2, 0) is 10.0 Å². The quantitative estimate of drug-likeness (QED) is 0.539. The summed E-state index contributed by atoms with van der Waals surface area (Å²) in [5, 5.41) is 13.5. The van der Waals surface area contributed by atoms with Gasteiger partial charge in [0.15, 0.2) is 0 Å². The van der Waals surface area contributed by atoms with Crippen LogP contribution in [0.3, 0.4) is 0 Å². The second kappa shape index (κ2) is 6.61. The largest absolute Gasteiger partial charge is 0.280 e. The number of hydrogen-bond donors (Lipinski definition) is 1. The summed E-state index contributed by atoms with van der Waals surface area (Å²) in [5.74, 6) is 0. The fourth-order valence-electron chi connectivity index (χ4n) is 2.28. The molecule has 9 heteroatoms. The number of thiazole rings is 1. The lowest BCUT2D eigenvalue weighted by Crippen LogP contribution is -2.14. The fraction of sp³-hybridized carbons (Fsp3) is 0.0625. The van der Waals surface area contributed by atoms with Crippen molar-refractivity contribution in [3.8, 4) is 10.6 Å². The van der Waals surface area contributed by atoms with Crippen molar-refractivity contribution in [2.24, 2.45) is 0 Å². The number of nitro groups is 1. The van der Waals surface area contributed by atoms with Gasteiger partial charge in [0.05, 0.1) is 9.82 Å². The maximum atomic E-state index is 12.6. The Labute approximate surface area is 148 Å². The molecule has 3 rings (SSSR count). The number of nitrogens with one attached hydrogen (secondary N) is 1. The van der Waals surface area contributed by atoms with E-state index in [-0.39, 0.29) is 10.6 Å². The van der Waals surface area contributed by atoms with E-state index < -0.39 is 14.9 Å². The van der Waals surface area contributed by atoms with Crippen LogP contribution in [0.15, 0.2) is 58.9 Å². The second-order valence-electron chi connectivity index (χ2n) is 5.23. The van der Waals surface area contributed by atoms with E-state index in [1.807, 2.05) is 11.4 Å². The molecule has 0 spiro atoms. The standard InChI is InChI=1S/C16H13N3O4S2/c1-11-5-6-14(19(20)21)10-15(11)25(22,23)18-13-4-2-3-12(9-13)16-17-7-8-24-16/h2-10,18H,1H3. The molecular weight excluding hydrogens is 362 g/mol. The van der Waals surface area contributed by atoms with Crippen molar-refractivity contribution in [2.75, 3.05) is 4.72 Å². The average Bonchev–Trinajstić information content (AvgIpc) is 3.09. The fourth-order valence-corrected chi connectivity index (χ4v) is 4.23. The van der Waals surface area contributed by atoms with Crippen molar-refractivity contribution < 1.29 is 13.3 Å². The van der Waals surface area contributed by atoms with Crippen LogP contribution in [0.5, 0.6) is 0 Å². The van der Waals surface area contributed by atoms with Crippen LogP contribution in [-0.4, -0.2) is 18.3 Å². The van der Waals surface area contributed by atoms with Gasteiger partial charge in [-0.3, -0.25) is 14.8 Å². The molecule has 0 saturated heterocycles. The Morgan fingerprint density at radius 2 is 2.00 bits per heavy atom. The second-order valence-corrected chi connectivity index (χ2v) is 7.78. The number of nitro benzene ring substituents is 1. The molecule has 1 heterocycles. The first kappa shape index (κ1) is 17.1. The van der Waals surface area contributed by atoms with Crippen LogP contribution in [0.2, 0.25) is 0 Å². The van der Waals surface area contributed by atoms with E-state index in [9.17, 15) is 18.5 Å². The zero-order valence-corrected chi connectivity index (χ0v) is 14.7. The molecule has 2 aromatic carbocycles. The van der Waals surface area contributed by atoms with Crippen LogP contribution in [0.1, 0.15) is 5.56 Å². The van der Waals surface area contributed by atoms with Crippen LogP contribution >= 0.6 is 11.3 Å². The van der Waals surface area contributed by atoms with Crippen molar-refractivity contribution in [1.82, 2.24) is 4.98 Å². The van der Waals surface area contributed by atoms with Gasteiger partial charge in [0.1, 0.15) is 5.01 Å². The maximum absolute atomic E-state index is 12.6. The normalized spacial score (nSPS) is 11.2. The first-order chi connectivity index (χ1) is 11.9. The smallest absolute Gasteiger partial charge is 0.270 e. The highest BCUT2D eigenvalue weighted by Gasteiger charge is 2.21. The van der Waals surface area contributed by atoms with Crippen LogP contribution in [0, 0.1) is 17.0 Å². The summed E-state index contributed by atoms with van der Waals surface area (Å²) in [6.07, 6.45) is 1.67. The molecule has 0 saturated carbocycles. The molecule has 0 atom stereocenters. The lowest BCUT2D eigenvalue weighted by atomic mass is 10.2. The van der Waals surface area contributed by atoms with Gasteiger partial charge in [-0.25, -0.2) is 13.4 Å². The molecule has 0 amide bonds. The number of aromatic nitrogens is 1. The van der Waals surface area contributed by atoms with Gasteiger partial charge in [-0.15, -0.1) is 11.3 Å². The Morgan fingerprint density at radius 1 is 1.20 bits per heavy atom. The number of non-ortho nitro benzene ring substituents is 1. The first-order valence-electron chi connectivity index (χ1n) is 7.14. The van der Waals surface area contributed by atoms with Gasteiger partial charge >= 0.3 is 0 Å². The highest BCUT2D eigenvalue weighted by molar-refractivity contribution is 7.92. The summed E-state index contributed by atoms with van der Waals surface area (Å²) in [5.41, 5.74) is 1.29. The van der Waals surface area contributed by atoms with Gasteiger partial charge in [0.25, 0.3) is 15.7 Å². The zero-order chi connectivity index (χ0) is 18.0. The van der Waals surface area contributed by atoms with Gasteiger partial charge in [-0.05, 0) is 24.6 Å². The number of nitrogens with zero attached hydrogens (tertiary/aromatic N) is 2. The van der Waals surface area contributed by atoms with Crippen LogP contribution in [0.25, 0.3) is 10.6 Å². The first-order valence-corrected chi connectivity index (χ1v) is 9.51. The zero-order valence-electron chi connectivity index (χ0n) is 13.0. The lowest BCUT2D eigenvalue weighted by molar-refractivity contribution is -0.385. The Balaban J connectivity index is 1.96. The number of anilines is 1. The summed E-state index contributed by atoms with van der Waals surface area (Å²) in [4.78, 5) is 14.4. The van der Waals surface area contributed by atoms with Crippen molar-refractivity contribution in [3.63, 3.8) is 0 Å². The van der Waals surface area contributed by atoms with Gasteiger partial charge < -0.3 is 0 Å². The van der Waals surface area contributed by atoms with Crippen molar-refractivity contribution in [3.05, 3.63) is 69.7 Å². The number of aryl methyl sites for hydroxylation is 1. The minimum Gasteiger partial charge on any atom is -0.280 e. The molecule has 0 aliphatic carbocycles. The highest BCUT2D eigenvalue weighted by Crippen LogP contribution is 2.27. The van der Waals surface area contributed by atoms with E-state index in [2.05, 4.69) is 9.71 Å². The molecule has 25 heavy (non-hydrogen) atoms. The van der Waals surface area contributed by atoms with Crippen LogP contribution in [0.4, 0.5) is 11.4 Å². The molecule has 0 radical (unpaired) electrons. The molecule has 0 aliphatic rings. The molecule has 0 aliphatic heterocycles. The van der Waals surface area contributed by atoms with E-state index >= 15 is 0 Å². The summed E-state index contributed by atoms with van der Waals surface area (Å²) >= 11 is 1.44. The summed E-state index contributed by atoms with van der Waals surface area (Å²) in [6, 6.07) is 10.6. The van der Waals surface area contributed by atoms with E-state index in [0.29, 0.717) is 11.3 Å². The third kappa shape index (κ3) is 3.67. The van der Waals surface area contributed by atoms with Crippen LogP contribution < -0.4 is 4.72 Å². The van der Waals surface area contributed by atoms with Gasteiger partial charge in [-0.2, -0.15) is 0 Å². The average molecular weight is 375 g/mol. The molecule has 1 N–H and O–H groups in total. The van der Waals surface area contributed by atoms with E-state index in [1.54, 1.807) is 31.3 Å². The third-order valence-corrected chi connectivity index (χ3v) is 5.81. The Kier molecular flexibility index (Phi) is 4.51. The highest BCUT2D eigenvalue weighted by atomic mass is 32.2. The summed E-state index contributed by atoms with van der Waals surface area (Å²) < 4.78 is 27.8. The Bertz CT molecular complexity index is 1030. The molecule has 3 aromatic rings. The molecule has 0 bridgehead atoms. The van der Waals surface area contributed by atoms with Gasteiger partial charge in [-0.1, -0.05) is 18.2 Å². The van der Waals surface area contributed by atoms with E-state index in [4.69, 9.17) is 0 Å². The molecular formula is C16H13N3O4S2. The molecule has 0 unspecified atom stereocenters. The van der Waals surface area contributed by atoms with Crippen molar-refractivity contribution in [2.45, 2.75) is 11.8 Å². The maximum Gasteiger partial charge on any atom is 0.270 e. The molecule has 0 fully saturated rings. The molecule has 7 nitrogen and oxygen atoms in total. The van der Waals surface area contributed by atoms with Gasteiger partial charge in [0.2, 0.25) is 0 Å². The van der Waals surface area contributed by atoms with Crippen molar-refractivity contribution >= 4 is 32.7 Å². The molecule has 1 aromatic heterocycles. The summed E-state index contributed by atoms with van der Waals surface area (Å²) in [7, 11) is -3.96. The lowest BCUT2D eigenvalue weighted by Gasteiger charge is -2.11. The number of sulfonamides is 1. The third-order valence-electron chi connectivity index (χ3n) is 3.47. The number of hydrogen-bond acceptors (Lipinski definition) is 6. The minimum atomic E-state index is -3.96. The van der Waals surface area contributed by atoms with Gasteiger partial charge in [0, 0.05) is 35.0 Å². The Hall–Kier alpha value is -2.78. The molecule has 128 valence electrons. The monoisotopic (exact) mass is 375 g/mol. The predicted octanol–water partition coefficient (Wildman–Crippen LogP) is 3.83. The van der Waals surface area contributed by atoms with E-state index in [1.165, 1.54) is 23.5 Å². The number of rotatable bonds is 5. The predicted molar refractivity (Wildman–Crippen MR) is 96.2 cm³/mol. The Morgan fingerprint density at radius 3 is 2.68 bits per heavy atom. The number of benzene rings is 2. The van der Waals surface area contributed by atoms with E-state index in [0.717, 1.165) is 16.6 Å². The SMILES string of the molecule is Cc1ccc([N+](=O)[O-])cc1S(=O)(=O)Nc1cccc(-c2nccs2)c1. The topological polar surface area (TPSA) is 102 Å². The van der Waals surface area contributed by atoms with Crippen molar-refractivity contribution in [1.29, 1.82) is 0 Å².